The van der Waals surface area contributed by atoms with Crippen LogP contribution in [0.1, 0.15) is 10.4 Å². The summed E-state index contributed by atoms with van der Waals surface area (Å²) < 4.78 is 27.4. The maximum atomic E-state index is 13.4. The van der Waals surface area contributed by atoms with Crippen molar-refractivity contribution in [2.45, 2.75) is 6.54 Å². The second kappa shape index (κ2) is 5.47. The minimum Gasteiger partial charge on any atom is -0.480 e. The van der Waals surface area contributed by atoms with Crippen LogP contribution in [0.25, 0.3) is 0 Å². The molecule has 2 N–H and O–H groups in total. The van der Waals surface area contributed by atoms with E-state index in [2.05, 4.69) is 10.4 Å². The molecular weight excluding hydrogens is 272 g/mol. The minimum absolute atomic E-state index is 0.180. The summed E-state index contributed by atoms with van der Waals surface area (Å²) in [6.07, 6.45) is 2.47. The number of aliphatic carboxylic acids is 1. The van der Waals surface area contributed by atoms with Crippen molar-refractivity contribution >= 4 is 17.6 Å². The standard InChI is InChI=1S/C12H9F2N3O3/c13-7-1-2-10(14)9(3-7)12(20)16-8-4-15-17(5-8)6-11(18)19/h1-5H,6H2,(H,16,20)(H,18,19). The number of nitrogens with one attached hydrogen (secondary N) is 1. The van der Waals surface area contributed by atoms with Crippen molar-refractivity contribution in [3.63, 3.8) is 0 Å². The Morgan fingerprint density at radius 1 is 1.35 bits per heavy atom. The molecular formula is C12H9F2N3O3. The van der Waals surface area contributed by atoms with E-state index < -0.39 is 29.1 Å². The maximum absolute atomic E-state index is 13.4. The number of nitrogens with zero attached hydrogens (tertiary/aromatic N) is 2. The SMILES string of the molecule is O=C(O)Cn1cc(NC(=O)c2cc(F)ccc2F)cn1. The third-order valence-electron chi connectivity index (χ3n) is 2.36. The zero-order valence-corrected chi connectivity index (χ0v) is 10.0. The van der Waals surface area contributed by atoms with Gasteiger partial charge in [0, 0.05) is 6.20 Å². The number of amides is 1. The van der Waals surface area contributed by atoms with Gasteiger partial charge in [0.1, 0.15) is 18.2 Å². The molecule has 20 heavy (non-hydrogen) atoms. The predicted molar refractivity (Wildman–Crippen MR) is 64.2 cm³/mol. The molecule has 0 aliphatic carbocycles. The van der Waals surface area contributed by atoms with Crippen molar-refractivity contribution in [2.24, 2.45) is 0 Å². The highest BCUT2D eigenvalue weighted by Gasteiger charge is 2.14. The van der Waals surface area contributed by atoms with Gasteiger partial charge in [-0.05, 0) is 18.2 Å². The van der Waals surface area contributed by atoms with Gasteiger partial charge in [-0.1, -0.05) is 0 Å². The minimum atomic E-state index is -1.10. The first-order chi connectivity index (χ1) is 9.45. The van der Waals surface area contributed by atoms with Gasteiger partial charge in [-0.2, -0.15) is 5.10 Å². The van der Waals surface area contributed by atoms with Crippen LogP contribution in [0, 0.1) is 11.6 Å². The van der Waals surface area contributed by atoms with Gasteiger partial charge < -0.3 is 10.4 Å². The van der Waals surface area contributed by atoms with Gasteiger partial charge in [-0.3, -0.25) is 14.3 Å². The van der Waals surface area contributed by atoms with E-state index in [1.807, 2.05) is 0 Å². The predicted octanol–water partition coefficient (Wildman–Crippen LogP) is 1.50. The van der Waals surface area contributed by atoms with E-state index in [1.165, 1.54) is 12.4 Å². The van der Waals surface area contributed by atoms with E-state index in [0.29, 0.717) is 0 Å². The average molecular weight is 281 g/mol. The number of aromatic nitrogens is 2. The van der Waals surface area contributed by atoms with Crippen molar-refractivity contribution in [3.8, 4) is 0 Å². The fraction of sp³-hybridized carbons (Fsp3) is 0.0833. The van der Waals surface area contributed by atoms with Crippen LogP contribution < -0.4 is 5.32 Å². The van der Waals surface area contributed by atoms with Crippen LogP contribution in [0.5, 0.6) is 0 Å². The molecule has 0 fully saturated rings. The van der Waals surface area contributed by atoms with Crippen molar-refractivity contribution in [1.82, 2.24) is 9.78 Å². The summed E-state index contributed by atoms with van der Waals surface area (Å²) in [5.41, 5.74) is -0.268. The van der Waals surface area contributed by atoms with Gasteiger partial charge in [0.05, 0.1) is 17.4 Å². The van der Waals surface area contributed by atoms with Gasteiger partial charge >= 0.3 is 5.97 Å². The van der Waals surface area contributed by atoms with Crippen molar-refractivity contribution in [3.05, 3.63) is 47.8 Å². The monoisotopic (exact) mass is 281 g/mol. The Balaban J connectivity index is 2.13. The summed E-state index contributed by atoms with van der Waals surface area (Å²) >= 11 is 0. The number of anilines is 1. The molecule has 104 valence electrons. The molecule has 1 heterocycles. The highest BCUT2D eigenvalue weighted by atomic mass is 19.1. The van der Waals surface area contributed by atoms with Crippen LogP contribution in [0.2, 0.25) is 0 Å². The van der Waals surface area contributed by atoms with E-state index in [1.54, 1.807) is 0 Å². The third-order valence-corrected chi connectivity index (χ3v) is 2.36. The molecule has 0 aliphatic heterocycles. The summed E-state index contributed by atoms with van der Waals surface area (Å²) in [7, 11) is 0. The first kappa shape index (κ1) is 13.7. The van der Waals surface area contributed by atoms with Crippen LogP contribution in [0.3, 0.4) is 0 Å². The Morgan fingerprint density at radius 3 is 2.80 bits per heavy atom. The number of carbonyl (C=O) groups is 2. The van der Waals surface area contributed by atoms with Crippen LogP contribution in [0.4, 0.5) is 14.5 Å². The summed E-state index contributed by atoms with van der Waals surface area (Å²) in [4.78, 5) is 22.2. The number of benzene rings is 1. The lowest BCUT2D eigenvalue weighted by Gasteiger charge is -2.03. The second-order valence-electron chi connectivity index (χ2n) is 3.90. The number of hydrogen-bond acceptors (Lipinski definition) is 3. The number of rotatable bonds is 4. The Morgan fingerprint density at radius 2 is 2.10 bits per heavy atom. The van der Waals surface area contributed by atoms with Crippen LogP contribution >= 0.6 is 0 Å². The Bertz CT molecular complexity index is 670. The molecule has 0 unspecified atom stereocenters. The number of halogens is 2. The van der Waals surface area contributed by atoms with Crippen molar-refractivity contribution in [2.75, 3.05) is 5.32 Å². The molecule has 0 saturated carbocycles. The number of hydrogen-bond donors (Lipinski definition) is 2. The quantitative estimate of drug-likeness (QED) is 0.889. The summed E-state index contributed by atoms with van der Waals surface area (Å²) in [5, 5.41) is 14.6. The van der Waals surface area contributed by atoms with Gasteiger partial charge in [0.25, 0.3) is 5.91 Å². The van der Waals surface area contributed by atoms with E-state index in [4.69, 9.17) is 5.11 Å². The summed E-state index contributed by atoms with van der Waals surface area (Å²) in [5.74, 6) is -3.54. The highest BCUT2D eigenvalue weighted by Crippen LogP contribution is 2.13. The van der Waals surface area contributed by atoms with Gasteiger partial charge in [-0.25, -0.2) is 8.78 Å². The molecule has 8 heteroatoms. The first-order valence-electron chi connectivity index (χ1n) is 5.46. The van der Waals surface area contributed by atoms with E-state index in [-0.39, 0.29) is 12.2 Å². The lowest BCUT2D eigenvalue weighted by Crippen LogP contribution is -2.14. The van der Waals surface area contributed by atoms with Crippen molar-refractivity contribution in [1.29, 1.82) is 0 Å². The summed E-state index contributed by atoms with van der Waals surface area (Å²) in [6.45, 7) is -0.371. The van der Waals surface area contributed by atoms with Gasteiger partial charge in [0.15, 0.2) is 0 Å². The molecule has 0 bridgehead atoms. The van der Waals surface area contributed by atoms with Gasteiger partial charge in [-0.15, -0.1) is 0 Å². The van der Waals surface area contributed by atoms with E-state index in [9.17, 15) is 18.4 Å². The molecule has 0 aliphatic rings. The maximum Gasteiger partial charge on any atom is 0.325 e. The molecule has 6 nitrogen and oxygen atoms in total. The molecule has 2 rings (SSSR count). The molecule has 1 aromatic carbocycles. The second-order valence-corrected chi connectivity index (χ2v) is 3.90. The lowest BCUT2D eigenvalue weighted by atomic mass is 10.2. The molecule has 2 aromatic rings. The largest absolute Gasteiger partial charge is 0.480 e. The third kappa shape index (κ3) is 3.16. The first-order valence-corrected chi connectivity index (χ1v) is 5.46. The van der Waals surface area contributed by atoms with Crippen LogP contribution in [-0.4, -0.2) is 26.8 Å². The molecule has 1 aromatic heterocycles. The zero-order chi connectivity index (χ0) is 14.7. The molecule has 0 saturated heterocycles. The Hall–Kier alpha value is -2.77. The highest BCUT2D eigenvalue weighted by molar-refractivity contribution is 6.04. The Labute approximate surface area is 111 Å². The fourth-order valence-electron chi connectivity index (χ4n) is 1.52. The smallest absolute Gasteiger partial charge is 0.325 e. The van der Waals surface area contributed by atoms with Crippen LogP contribution in [-0.2, 0) is 11.3 Å². The van der Waals surface area contributed by atoms with Crippen molar-refractivity contribution < 1.29 is 23.5 Å². The molecule has 0 radical (unpaired) electrons. The normalized spacial score (nSPS) is 10.3. The number of carboxylic acids is 1. The van der Waals surface area contributed by atoms with Crippen LogP contribution in [0.15, 0.2) is 30.6 Å². The van der Waals surface area contributed by atoms with E-state index >= 15 is 0 Å². The fourth-order valence-corrected chi connectivity index (χ4v) is 1.52. The topological polar surface area (TPSA) is 84.2 Å². The molecule has 0 spiro atoms. The molecule has 1 amide bonds. The zero-order valence-electron chi connectivity index (χ0n) is 10.0. The lowest BCUT2D eigenvalue weighted by molar-refractivity contribution is -0.137. The molecule has 0 atom stereocenters. The van der Waals surface area contributed by atoms with Gasteiger partial charge in [0.2, 0.25) is 0 Å². The number of carbonyl (C=O) groups excluding carboxylic acids is 1. The van der Waals surface area contributed by atoms with E-state index in [0.717, 1.165) is 22.9 Å². The average Bonchev–Trinajstić information content (AvgIpc) is 2.78. The summed E-state index contributed by atoms with van der Waals surface area (Å²) in [6, 6.07) is 2.52. The Kier molecular flexibility index (Phi) is 3.74. The number of carboxylic acid groups (broad SMARTS) is 1.